The van der Waals surface area contributed by atoms with Crippen molar-refractivity contribution in [1.29, 1.82) is 0 Å². The number of rotatable bonds is 3. The van der Waals surface area contributed by atoms with E-state index in [-0.39, 0.29) is 0 Å². The predicted octanol–water partition coefficient (Wildman–Crippen LogP) is 10.5. The molecular weight excluding hydrogens is 548 g/mol. The summed E-state index contributed by atoms with van der Waals surface area (Å²) in [5.41, 5.74) is 11.9. The Balaban J connectivity index is 1.42. The lowest BCUT2D eigenvalue weighted by molar-refractivity contribution is 1.16. The molecule has 0 bridgehead atoms. The monoisotopic (exact) mass is 576 g/mol. The Morgan fingerprint density at radius 2 is 1.16 bits per heavy atom. The molecule has 0 radical (unpaired) electrons. The van der Waals surface area contributed by atoms with E-state index in [0.29, 0.717) is 0 Å². The van der Waals surface area contributed by atoms with Crippen molar-refractivity contribution in [3.8, 4) is 22.5 Å². The fraction of sp³-hybridized carbons (Fsp3) is 0.0244. The maximum Gasteiger partial charge on any atom is 0.0851 e. The van der Waals surface area contributed by atoms with Crippen molar-refractivity contribution in [2.45, 2.75) is 0 Å². The molecule has 4 heteroatoms. The summed E-state index contributed by atoms with van der Waals surface area (Å²) in [5.74, 6) is 0. The summed E-state index contributed by atoms with van der Waals surface area (Å²) in [6.45, 7) is 0.729. The van der Waals surface area contributed by atoms with Gasteiger partial charge in [0.15, 0.2) is 0 Å². The molecule has 3 heterocycles. The lowest BCUT2D eigenvalue weighted by Gasteiger charge is -2.13. The smallest absolute Gasteiger partial charge is 0.0851 e. The van der Waals surface area contributed by atoms with E-state index in [2.05, 4.69) is 165 Å². The van der Waals surface area contributed by atoms with Crippen molar-refractivity contribution >= 4 is 65.8 Å². The van der Waals surface area contributed by atoms with Gasteiger partial charge in [0.05, 0.1) is 45.8 Å². The first-order valence-corrected chi connectivity index (χ1v) is 15.5. The molecule has 0 saturated heterocycles. The molecule has 0 fully saturated rings. The molecule has 0 spiro atoms. The van der Waals surface area contributed by atoms with Crippen LogP contribution in [0.15, 0.2) is 146 Å². The van der Waals surface area contributed by atoms with Gasteiger partial charge in [-0.1, -0.05) is 97.1 Å². The van der Waals surface area contributed by atoms with Gasteiger partial charge in [-0.25, -0.2) is 0 Å². The van der Waals surface area contributed by atoms with Crippen molar-refractivity contribution in [3.05, 3.63) is 146 Å². The van der Waals surface area contributed by atoms with E-state index in [9.17, 15) is 0 Å². The zero-order valence-electron chi connectivity index (χ0n) is 24.5. The third-order valence-corrected chi connectivity index (χ3v) is 9.49. The van der Waals surface area contributed by atoms with Crippen LogP contribution in [0.1, 0.15) is 0 Å². The van der Waals surface area contributed by atoms with Crippen LogP contribution < -0.4 is 10.6 Å². The molecule has 0 saturated carbocycles. The van der Waals surface area contributed by atoms with Gasteiger partial charge in [-0.2, -0.15) is 0 Å². The first kappa shape index (κ1) is 24.4. The van der Waals surface area contributed by atoms with Crippen LogP contribution in [-0.2, 0) is 0 Å². The zero-order valence-corrected chi connectivity index (χ0v) is 24.5. The number of benzene rings is 7. The van der Waals surface area contributed by atoms with Crippen LogP contribution in [0.5, 0.6) is 0 Å². The lowest BCUT2D eigenvalue weighted by Crippen LogP contribution is -2.01. The van der Waals surface area contributed by atoms with Crippen LogP contribution in [0, 0.1) is 0 Å². The van der Waals surface area contributed by atoms with Crippen LogP contribution in [-0.4, -0.2) is 15.8 Å². The van der Waals surface area contributed by atoms with Gasteiger partial charge in [-0.15, -0.1) is 0 Å². The number of anilines is 2. The minimum absolute atomic E-state index is 0.729. The van der Waals surface area contributed by atoms with E-state index in [1.165, 1.54) is 65.5 Å². The molecule has 0 unspecified atom stereocenters. The molecule has 1 aliphatic heterocycles. The van der Waals surface area contributed by atoms with Gasteiger partial charge < -0.3 is 19.8 Å². The van der Waals surface area contributed by atoms with Crippen LogP contribution in [0.4, 0.5) is 11.4 Å². The minimum Gasteiger partial charge on any atom is -0.366 e. The average Bonchev–Trinajstić information content (AvgIpc) is 3.80. The molecule has 7 aromatic carbocycles. The number of fused-ring (bicyclic) bond motifs is 9. The first-order valence-electron chi connectivity index (χ1n) is 15.5. The second-order valence-electron chi connectivity index (χ2n) is 11.9. The highest BCUT2D eigenvalue weighted by Gasteiger charge is 2.23. The zero-order chi connectivity index (χ0) is 29.5. The van der Waals surface area contributed by atoms with E-state index in [0.717, 1.165) is 29.4 Å². The van der Waals surface area contributed by atoms with Gasteiger partial charge in [0, 0.05) is 27.2 Å². The van der Waals surface area contributed by atoms with Gasteiger partial charge >= 0.3 is 0 Å². The Hall–Kier alpha value is -6.00. The number of hydrogen-bond acceptors (Lipinski definition) is 2. The van der Waals surface area contributed by atoms with Gasteiger partial charge in [0.25, 0.3) is 0 Å². The summed E-state index contributed by atoms with van der Waals surface area (Å²) in [7, 11) is 0. The van der Waals surface area contributed by atoms with Crippen LogP contribution >= 0.6 is 0 Å². The maximum absolute atomic E-state index is 3.59. The Labute approximate surface area is 259 Å². The third-order valence-electron chi connectivity index (χ3n) is 9.49. The van der Waals surface area contributed by atoms with E-state index in [4.69, 9.17) is 0 Å². The number of nitrogens with zero attached hydrogens (tertiary/aromatic N) is 2. The first-order chi connectivity index (χ1) is 22.3. The molecule has 0 atom stereocenters. The number of hydrogen-bond donors (Lipinski definition) is 2. The highest BCUT2D eigenvalue weighted by Crippen LogP contribution is 2.45. The van der Waals surface area contributed by atoms with Gasteiger partial charge in [0.2, 0.25) is 0 Å². The standard InChI is InChI=1S/C41H28N4/c1-3-12-26(13-4-1)31-23-39-40(30-18-8-7-16-28(30)31)33-22-32-29-17-9-10-20-35(29)45(36-21-11-19-34-41(36)43-25-42-34)37(32)24-38(33)44(39)27-14-5-2-6-15-27/h1-24,42-43H,25H2. The molecule has 10 rings (SSSR count). The van der Waals surface area contributed by atoms with E-state index in [1.807, 2.05) is 0 Å². The molecular formula is C41H28N4. The molecule has 1 aliphatic rings. The van der Waals surface area contributed by atoms with E-state index < -0.39 is 0 Å². The van der Waals surface area contributed by atoms with Crippen molar-refractivity contribution < 1.29 is 0 Å². The molecule has 2 N–H and O–H groups in total. The molecule has 45 heavy (non-hydrogen) atoms. The summed E-state index contributed by atoms with van der Waals surface area (Å²) in [4.78, 5) is 0. The molecule has 4 nitrogen and oxygen atoms in total. The van der Waals surface area contributed by atoms with Gasteiger partial charge in [0.1, 0.15) is 0 Å². The average molecular weight is 577 g/mol. The lowest BCUT2D eigenvalue weighted by atomic mass is 9.94. The van der Waals surface area contributed by atoms with Crippen LogP contribution in [0.25, 0.3) is 76.9 Å². The van der Waals surface area contributed by atoms with Crippen LogP contribution in [0.2, 0.25) is 0 Å². The summed E-state index contributed by atoms with van der Waals surface area (Å²) >= 11 is 0. The minimum atomic E-state index is 0.729. The highest BCUT2D eigenvalue weighted by molar-refractivity contribution is 6.27. The quantitative estimate of drug-likeness (QED) is 0.219. The van der Waals surface area contributed by atoms with Crippen molar-refractivity contribution in [3.63, 3.8) is 0 Å². The van der Waals surface area contributed by atoms with Gasteiger partial charge in [-0.05, 0) is 70.4 Å². The number of aromatic nitrogens is 2. The summed E-state index contributed by atoms with van der Waals surface area (Å²) < 4.78 is 4.89. The number of nitrogens with one attached hydrogen (secondary N) is 2. The fourth-order valence-electron chi connectivity index (χ4n) is 7.60. The van der Waals surface area contributed by atoms with E-state index >= 15 is 0 Å². The summed E-state index contributed by atoms with van der Waals surface area (Å²) in [6, 6.07) is 53.0. The molecule has 9 aromatic rings. The Kier molecular flexibility index (Phi) is 5.02. The second-order valence-corrected chi connectivity index (χ2v) is 11.9. The third kappa shape index (κ3) is 3.42. The van der Waals surface area contributed by atoms with E-state index in [1.54, 1.807) is 0 Å². The van der Waals surface area contributed by atoms with Crippen molar-refractivity contribution in [1.82, 2.24) is 9.13 Å². The number of para-hydroxylation sites is 3. The Morgan fingerprint density at radius 1 is 0.444 bits per heavy atom. The summed E-state index contributed by atoms with van der Waals surface area (Å²) in [5, 5.41) is 14.7. The Bertz CT molecular complexity index is 2610. The topological polar surface area (TPSA) is 33.9 Å². The molecule has 0 amide bonds. The highest BCUT2D eigenvalue weighted by atomic mass is 15.2. The van der Waals surface area contributed by atoms with Gasteiger partial charge in [-0.3, -0.25) is 0 Å². The predicted molar refractivity (Wildman–Crippen MR) is 190 cm³/mol. The van der Waals surface area contributed by atoms with Crippen molar-refractivity contribution in [2.75, 3.05) is 17.3 Å². The molecule has 0 aliphatic carbocycles. The molecule has 2 aromatic heterocycles. The van der Waals surface area contributed by atoms with Crippen LogP contribution in [0.3, 0.4) is 0 Å². The van der Waals surface area contributed by atoms with Crippen molar-refractivity contribution in [2.24, 2.45) is 0 Å². The second kappa shape index (κ2) is 9.25. The Morgan fingerprint density at radius 3 is 2.00 bits per heavy atom. The fourth-order valence-corrected chi connectivity index (χ4v) is 7.60. The summed E-state index contributed by atoms with van der Waals surface area (Å²) in [6.07, 6.45) is 0. The normalized spacial score (nSPS) is 12.7. The largest absolute Gasteiger partial charge is 0.366 e. The molecule has 212 valence electrons. The SMILES string of the molecule is c1ccc(-c2cc3c(c4ccccc24)c2cc4c5ccccc5n(-c5cccc6c5NCN6)c4cc2n3-c2ccccc2)cc1. The maximum atomic E-state index is 3.59.